The van der Waals surface area contributed by atoms with Gasteiger partial charge in [0.05, 0.1) is 0 Å². The molecule has 1 aromatic carbocycles. The summed E-state index contributed by atoms with van der Waals surface area (Å²) < 4.78 is 5.92. The lowest BCUT2D eigenvalue weighted by Crippen LogP contribution is -2.26. The maximum Gasteiger partial charge on any atom is 0.120 e. The predicted molar refractivity (Wildman–Crippen MR) is 71.7 cm³/mol. The first-order valence-corrected chi connectivity index (χ1v) is 6.54. The predicted octanol–water partition coefficient (Wildman–Crippen LogP) is 3.33. The van der Waals surface area contributed by atoms with E-state index in [1.54, 1.807) is 0 Å². The third-order valence-corrected chi connectivity index (χ3v) is 3.09. The molecule has 1 aromatic rings. The summed E-state index contributed by atoms with van der Waals surface area (Å²) in [5, 5.41) is 3.41. The van der Waals surface area contributed by atoms with E-state index < -0.39 is 0 Å². The van der Waals surface area contributed by atoms with Crippen LogP contribution in [-0.2, 0) is 0 Å². The molecule has 1 saturated heterocycles. The van der Waals surface area contributed by atoms with Crippen molar-refractivity contribution >= 4 is 0 Å². The average Bonchev–Trinajstić information content (AvgIpc) is 2.28. The fourth-order valence-electron chi connectivity index (χ4n) is 2.34. The lowest BCUT2D eigenvalue weighted by molar-refractivity contribution is 0.130. The molecule has 0 atom stereocenters. The molecule has 0 bridgehead atoms. The van der Waals surface area contributed by atoms with Crippen LogP contribution in [0.3, 0.4) is 0 Å². The van der Waals surface area contributed by atoms with Gasteiger partial charge in [-0.2, -0.15) is 0 Å². The number of nitrogens with one attached hydrogen (secondary N) is 1. The van der Waals surface area contributed by atoms with Crippen LogP contribution < -0.4 is 10.1 Å². The SMILES string of the molecule is CC(C)(C)Oc1cccc(C2CCNCC2)c1. The van der Waals surface area contributed by atoms with Crippen LogP contribution in [-0.4, -0.2) is 18.7 Å². The molecule has 1 aliphatic rings. The van der Waals surface area contributed by atoms with Gasteiger partial charge in [0, 0.05) is 0 Å². The Labute approximate surface area is 104 Å². The van der Waals surface area contributed by atoms with Crippen molar-refractivity contribution in [2.24, 2.45) is 0 Å². The summed E-state index contributed by atoms with van der Waals surface area (Å²) in [5.74, 6) is 1.69. The van der Waals surface area contributed by atoms with Crippen LogP contribution in [0.2, 0.25) is 0 Å². The summed E-state index contributed by atoms with van der Waals surface area (Å²) in [6, 6.07) is 8.60. The Balaban J connectivity index is 2.10. The molecule has 2 heteroatoms. The minimum atomic E-state index is -0.118. The highest BCUT2D eigenvalue weighted by atomic mass is 16.5. The van der Waals surface area contributed by atoms with Gasteiger partial charge >= 0.3 is 0 Å². The highest BCUT2D eigenvalue weighted by Crippen LogP contribution is 2.28. The second kappa shape index (κ2) is 5.09. The van der Waals surface area contributed by atoms with E-state index in [2.05, 4.69) is 50.4 Å². The number of rotatable bonds is 2. The van der Waals surface area contributed by atoms with Gasteiger partial charge in [0.1, 0.15) is 11.4 Å². The Morgan fingerprint density at radius 3 is 2.53 bits per heavy atom. The van der Waals surface area contributed by atoms with Crippen LogP contribution in [0.15, 0.2) is 24.3 Å². The molecule has 94 valence electrons. The molecule has 0 amide bonds. The minimum Gasteiger partial charge on any atom is -0.488 e. The smallest absolute Gasteiger partial charge is 0.120 e. The van der Waals surface area contributed by atoms with Crippen molar-refractivity contribution in [3.63, 3.8) is 0 Å². The van der Waals surface area contributed by atoms with E-state index in [9.17, 15) is 0 Å². The molecule has 0 saturated carbocycles. The minimum absolute atomic E-state index is 0.118. The van der Waals surface area contributed by atoms with Crippen molar-refractivity contribution in [3.05, 3.63) is 29.8 Å². The lowest BCUT2D eigenvalue weighted by atomic mass is 9.90. The molecule has 2 nitrogen and oxygen atoms in total. The quantitative estimate of drug-likeness (QED) is 0.846. The molecular formula is C15H23NO. The monoisotopic (exact) mass is 233 g/mol. The van der Waals surface area contributed by atoms with Crippen LogP contribution in [0.1, 0.15) is 45.1 Å². The zero-order chi connectivity index (χ0) is 12.3. The molecule has 0 radical (unpaired) electrons. The Morgan fingerprint density at radius 2 is 1.88 bits per heavy atom. The van der Waals surface area contributed by atoms with Gasteiger partial charge in [-0.15, -0.1) is 0 Å². The largest absolute Gasteiger partial charge is 0.488 e. The van der Waals surface area contributed by atoms with Gasteiger partial charge < -0.3 is 10.1 Å². The zero-order valence-electron chi connectivity index (χ0n) is 11.1. The maximum atomic E-state index is 5.92. The highest BCUT2D eigenvalue weighted by molar-refractivity contribution is 5.31. The van der Waals surface area contributed by atoms with E-state index in [-0.39, 0.29) is 5.60 Å². The van der Waals surface area contributed by atoms with Crippen LogP contribution in [0, 0.1) is 0 Å². The maximum absolute atomic E-state index is 5.92. The Bertz CT molecular complexity index is 361. The van der Waals surface area contributed by atoms with E-state index in [0.29, 0.717) is 5.92 Å². The van der Waals surface area contributed by atoms with Crippen LogP contribution in [0.5, 0.6) is 5.75 Å². The van der Waals surface area contributed by atoms with E-state index in [1.165, 1.54) is 18.4 Å². The molecule has 2 rings (SSSR count). The first-order chi connectivity index (χ1) is 8.04. The van der Waals surface area contributed by atoms with E-state index >= 15 is 0 Å². The van der Waals surface area contributed by atoms with Crippen molar-refractivity contribution in [1.29, 1.82) is 0 Å². The van der Waals surface area contributed by atoms with Crippen LogP contribution in [0.25, 0.3) is 0 Å². The molecular weight excluding hydrogens is 210 g/mol. The molecule has 1 aliphatic heterocycles. The molecule has 1 N–H and O–H groups in total. The fourth-order valence-corrected chi connectivity index (χ4v) is 2.34. The average molecular weight is 233 g/mol. The van der Waals surface area contributed by atoms with Gasteiger partial charge in [0.2, 0.25) is 0 Å². The van der Waals surface area contributed by atoms with E-state index in [1.807, 2.05) is 0 Å². The molecule has 0 aromatic heterocycles. The Morgan fingerprint density at radius 1 is 1.18 bits per heavy atom. The summed E-state index contributed by atoms with van der Waals surface area (Å²) in [6.07, 6.45) is 2.47. The molecule has 1 fully saturated rings. The number of benzene rings is 1. The number of hydrogen-bond acceptors (Lipinski definition) is 2. The third-order valence-electron chi connectivity index (χ3n) is 3.09. The second-order valence-electron chi connectivity index (χ2n) is 5.81. The molecule has 0 unspecified atom stereocenters. The van der Waals surface area contributed by atoms with Gasteiger partial charge in [0.15, 0.2) is 0 Å². The van der Waals surface area contributed by atoms with Crippen molar-refractivity contribution in [2.75, 3.05) is 13.1 Å². The Kier molecular flexibility index (Phi) is 3.72. The highest BCUT2D eigenvalue weighted by Gasteiger charge is 2.17. The third kappa shape index (κ3) is 3.74. The topological polar surface area (TPSA) is 21.3 Å². The summed E-state index contributed by atoms with van der Waals surface area (Å²) >= 11 is 0. The summed E-state index contributed by atoms with van der Waals surface area (Å²) in [4.78, 5) is 0. The van der Waals surface area contributed by atoms with Gasteiger partial charge in [-0.3, -0.25) is 0 Å². The fraction of sp³-hybridized carbons (Fsp3) is 0.600. The van der Waals surface area contributed by atoms with Gasteiger partial charge in [-0.25, -0.2) is 0 Å². The summed E-state index contributed by atoms with van der Waals surface area (Å²) in [7, 11) is 0. The first kappa shape index (κ1) is 12.4. The molecule has 0 aliphatic carbocycles. The number of piperidine rings is 1. The number of hydrogen-bond donors (Lipinski definition) is 1. The Hall–Kier alpha value is -1.02. The van der Waals surface area contributed by atoms with E-state index in [0.717, 1.165) is 18.8 Å². The van der Waals surface area contributed by atoms with Crippen molar-refractivity contribution < 1.29 is 4.74 Å². The number of ether oxygens (including phenoxy) is 1. The second-order valence-corrected chi connectivity index (χ2v) is 5.81. The van der Waals surface area contributed by atoms with Crippen molar-refractivity contribution in [3.8, 4) is 5.75 Å². The molecule has 1 heterocycles. The first-order valence-electron chi connectivity index (χ1n) is 6.54. The summed E-state index contributed by atoms with van der Waals surface area (Å²) in [5.41, 5.74) is 1.31. The standard InChI is InChI=1S/C15H23NO/c1-15(2,3)17-14-6-4-5-13(11-14)12-7-9-16-10-8-12/h4-6,11-12,16H,7-10H2,1-3H3. The normalized spacial score (nSPS) is 18.1. The zero-order valence-corrected chi connectivity index (χ0v) is 11.1. The van der Waals surface area contributed by atoms with Gasteiger partial charge in [-0.05, 0) is 70.3 Å². The van der Waals surface area contributed by atoms with E-state index in [4.69, 9.17) is 4.74 Å². The van der Waals surface area contributed by atoms with Crippen LogP contribution in [0.4, 0.5) is 0 Å². The van der Waals surface area contributed by atoms with Gasteiger partial charge in [-0.1, -0.05) is 12.1 Å². The molecule has 17 heavy (non-hydrogen) atoms. The van der Waals surface area contributed by atoms with Crippen molar-refractivity contribution in [2.45, 2.75) is 45.1 Å². The van der Waals surface area contributed by atoms with Crippen molar-refractivity contribution in [1.82, 2.24) is 5.32 Å². The van der Waals surface area contributed by atoms with Gasteiger partial charge in [0.25, 0.3) is 0 Å². The summed E-state index contributed by atoms with van der Waals surface area (Å²) in [6.45, 7) is 8.53. The van der Waals surface area contributed by atoms with Crippen LogP contribution >= 0.6 is 0 Å². The molecule has 0 spiro atoms. The lowest BCUT2D eigenvalue weighted by Gasteiger charge is -2.25.